The molecule has 1 heterocycles. The minimum atomic E-state index is -0.596. The molecule has 0 unspecified atom stereocenters. The summed E-state index contributed by atoms with van der Waals surface area (Å²) >= 11 is 0. The molecule has 0 aromatic carbocycles. The van der Waals surface area contributed by atoms with E-state index in [0.717, 1.165) is 13.0 Å². The lowest BCUT2D eigenvalue weighted by Gasteiger charge is -2.31. The largest absolute Gasteiger partial charge is 0.394 e. The second kappa shape index (κ2) is 7.78. The minimum Gasteiger partial charge on any atom is -0.394 e. The van der Waals surface area contributed by atoms with Crippen LogP contribution < -0.4 is 10.6 Å². The molecule has 0 fully saturated rings. The lowest BCUT2D eigenvalue weighted by molar-refractivity contribution is -0.384. The highest BCUT2D eigenvalue weighted by molar-refractivity contribution is 5.61. The summed E-state index contributed by atoms with van der Waals surface area (Å²) in [5, 5.41) is 26.9. The van der Waals surface area contributed by atoms with Crippen molar-refractivity contribution in [2.24, 2.45) is 0 Å². The van der Waals surface area contributed by atoms with Crippen molar-refractivity contribution in [1.29, 1.82) is 0 Å². The number of aliphatic hydroxyl groups is 1. The van der Waals surface area contributed by atoms with E-state index < -0.39 is 10.5 Å². The molecular formula is C14H24N4O3. The number of nitro groups is 1. The molecule has 3 N–H and O–H groups in total. The van der Waals surface area contributed by atoms with Gasteiger partial charge in [0.1, 0.15) is 5.82 Å². The first kappa shape index (κ1) is 17.2. The number of pyridine rings is 1. The quantitative estimate of drug-likeness (QED) is 0.478. The van der Waals surface area contributed by atoms with Gasteiger partial charge in [-0.05, 0) is 25.3 Å². The van der Waals surface area contributed by atoms with Gasteiger partial charge in [0.2, 0.25) is 5.82 Å². The average molecular weight is 296 g/mol. The van der Waals surface area contributed by atoms with Crippen molar-refractivity contribution in [3.05, 3.63) is 22.2 Å². The smallest absolute Gasteiger partial charge is 0.311 e. The molecule has 0 bridgehead atoms. The van der Waals surface area contributed by atoms with Gasteiger partial charge in [-0.3, -0.25) is 10.1 Å². The van der Waals surface area contributed by atoms with Crippen LogP contribution in [-0.4, -0.2) is 33.7 Å². The maximum atomic E-state index is 11.1. The summed E-state index contributed by atoms with van der Waals surface area (Å²) in [6.45, 7) is 6.53. The predicted octanol–water partition coefficient (Wildman–Crippen LogP) is 2.77. The van der Waals surface area contributed by atoms with Crippen LogP contribution in [0.15, 0.2) is 12.1 Å². The molecule has 7 heteroatoms. The number of rotatable bonds is 9. The van der Waals surface area contributed by atoms with E-state index in [1.54, 1.807) is 6.07 Å². The third kappa shape index (κ3) is 4.29. The summed E-state index contributed by atoms with van der Waals surface area (Å²) in [6.07, 6.45) is 2.23. The number of aromatic nitrogens is 1. The van der Waals surface area contributed by atoms with E-state index >= 15 is 0 Å². The Morgan fingerprint density at radius 3 is 2.48 bits per heavy atom. The average Bonchev–Trinajstić information content (AvgIpc) is 2.50. The Labute approximate surface area is 124 Å². The summed E-state index contributed by atoms with van der Waals surface area (Å²) in [5.41, 5.74) is -0.682. The van der Waals surface area contributed by atoms with Crippen LogP contribution in [0.4, 0.5) is 17.3 Å². The first-order valence-corrected chi connectivity index (χ1v) is 7.30. The summed E-state index contributed by atoms with van der Waals surface area (Å²) in [4.78, 5) is 15.0. The Hall–Kier alpha value is -1.89. The molecule has 7 nitrogen and oxygen atoms in total. The molecular weight excluding hydrogens is 272 g/mol. The van der Waals surface area contributed by atoms with Crippen molar-refractivity contribution in [2.45, 2.75) is 45.6 Å². The standard InChI is InChI=1S/C14H24N4O3/c1-4-9-15-12-8-7-11(18(20)21)13(16-12)17-14(5-2,6-3)10-19/h7-8,19H,4-6,9-10H2,1-3H3,(H2,15,16,17). The molecule has 0 amide bonds. The number of anilines is 2. The summed E-state index contributed by atoms with van der Waals surface area (Å²) < 4.78 is 0. The summed E-state index contributed by atoms with van der Waals surface area (Å²) in [5.74, 6) is 0.780. The molecule has 21 heavy (non-hydrogen) atoms. The highest BCUT2D eigenvalue weighted by Crippen LogP contribution is 2.29. The maximum absolute atomic E-state index is 11.1. The molecule has 118 valence electrons. The van der Waals surface area contributed by atoms with E-state index in [9.17, 15) is 15.2 Å². The van der Waals surface area contributed by atoms with Gasteiger partial charge < -0.3 is 15.7 Å². The number of aliphatic hydroxyl groups excluding tert-OH is 1. The number of hydrogen-bond donors (Lipinski definition) is 3. The van der Waals surface area contributed by atoms with Gasteiger partial charge in [-0.25, -0.2) is 4.98 Å². The van der Waals surface area contributed by atoms with Crippen LogP contribution in [0.1, 0.15) is 40.0 Å². The van der Waals surface area contributed by atoms with Gasteiger partial charge in [0.25, 0.3) is 0 Å². The Kier molecular flexibility index (Phi) is 6.36. The van der Waals surface area contributed by atoms with E-state index in [1.807, 2.05) is 20.8 Å². The van der Waals surface area contributed by atoms with Gasteiger partial charge in [0.05, 0.1) is 17.1 Å². The molecule has 0 spiro atoms. The summed E-state index contributed by atoms with van der Waals surface area (Å²) in [6, 6.07) is 3.03. The van der Waals surface area contributed by atoms with Crippen LogP contribution in [0.25, 0.3) is 0 Å². The van der Waals surface area contributed by atoms with Crippen LogP contribution in [-0.2, 0) is 0 Å². The molecule has 0 aliphatic heterocycles. The van der Waals surface area contributed by atoms with Crippen molar-refractivity contribution >= 4 is 17.3 Å². The molecule has 0 aliphatic rings. The molecule has 0 aliphatic carbocycles. The van der Waals surface area contributed by atoms with Crippen LogP contribution >= 0.6 is 0 Å². The van der Waals surface area contributed by atoms with E-state index in [0.29, 0.717) is 18.7 Å². The van der Waals surface area contributed by atoms with Crippen LogP contribution in [0.3, 0.4) is 0 Å². The lowest BCUT2D eigenvalue weighted by Crippen LogP contribution is -2.41. The van der Waals surface area contributed by atoms with Crippen molar-refractivity contribution in [1.82, 2.24) is 4.98 Å². The topological polar surface area (TPSA) is 100 Å². The fourth-order valence-corrected chi connectivity index (χ4v) is 1.98. The highest BCUT2D eigenvalue weighted by atomic mass is 16.6. The molecule has 0 saturated heterocycles. The van der Waals surface area contributed by atoms with Gasteiger partial charge in [0.15, 0.2) is 0 Å². The molecule has 1 aromatic heterocycles. The highest BCUT2D eigenvalue weighted by Gasteiger charge is 2.29. The Bertz CT molecular complexity index is 467. The van der Waals surface area contributed by atoms with Crippen LogP contribution in [0.2, 0.25) is 0 Å². The van der Waals surface area contributed by atoms with E-state index in [4.69, 9.17) is 0 Å². The minimum absolute atomic E-state index is 0.0863. The van der Waals surface area contributed by atoms with Gasteiger partial charge in [-0.2, -0.15) is 0 Å². The van der Waals surface area contributed by atoms with E-state index in [2.05, 4.69) is 15.6 Å². The zero-order valence-corrected chi connectivity index (χ0v) is 12.8. The van der Waals surface area contributed by atoms with Gasteiger partial charge in [-0.1, -0.05) is 20.8 Å². The van der Waals surface area contributed by atoms with Gasteiger partial charge in [0, 0.05) is 12.6 Å². The maximum Gasteiger partial charge on any atom is 0.311 e. The van der Waals surface area contributed by atoms with Crippen molar-refractivity contribution in [3.8, 4) is 0 Å². The predicted molar refractivity (Wildman–Crippen MR) is 83.7 cm³/mol. The SMILES string of the molecule is CCCNc1ccc([N+](=O)[O-])c(NC(CC)(CC)CO)n1. The molecule has 1 rings (SSSR count). The van der Waals surface area contributed by atoms with Gasteiger partial charge in [-0.15, -0.1) is 0 Å². The third-order valence-corrected chi connectivity index (χ3v) is 3.67. The Morgan fingerprint density at radius 2 is 2.00 bits per heavy atom. The van der Waals surface area contributed by atoms with E-state index in [1.165, 1.54) is 6.07 Å². The van der Waals surface area contributed by atoms with Crippen LogP contribution in [0, 0.1) is 10.1 Å². The van der Waals surface area contributed by atoms with E-state index in [-0.39, 0.29) is 18.1 Å². The molecule has 1 aromatic rings. The normalized spacial score (nSPS) is 11.2. The summed E-state index contributed by atoms with van der Waals surface area (Å²) in [7, 11) is 0. The molecule has 0 saturated carbocycles. The zero-order chi connectivity index (χ0) is 15.9. The van der Waals surface area contributed by atoms with Crippen LogP contribution in [0.5, 0.6) is 0 Å². The van der Waals surface area contributed by atoms with Crippen molar-refractivity contribution in [3.63, 3.8) is 0 Å². The lowest BCUT2D eigenvalue weighted by atomic mass is 9.94. The van der Waals surface area contributed by atoms with Crippen molar-refractivity contribution < 1.29 is 10.0 Å². The van der Waals surface area contributed by atoms with Crippen molar-refractivity contribution in [2.75, 3.05) is 23.8 Å². The van der Waals surface area contributed by atoms with Gasteiger partial charge >= 0.3 is 5.69 Å². The third-order valence-electron chi connectivity index (χ3n) is 3.67. The molecule has 0 atom stereocenters. The first-order valence-electron chi connectivity index (χ1n) is 7.30. The second-order valence-corrected chi connectivity index (χ2v) is 5.02. The Balaban J connectivity index is 3.13. The Morgan fingerprint density at radius 1 is 1.33 bits per heavy atom. The fourth-order valence-electron chi connectivity index (χ4n) is 1.98. The zero-order valence-electron chi connectivity index (χ0n) is 12.8. The monoisotopic (exact) mass is 296 g/mol. The number of nitrogens with zero attached hydrogens (tertiary/aromatic N) is 2. The number of hydrogen-bond acceptors (Lipinski definition) is 6. The second-order valence-electron chi connectivity index (χ2n) is 5.02. The molecule has 0 radical (unpaired) electrons. The fraction of sp³-hybridized carbons (Fsp3) is 0.643. The number of nitrogens with one attached hydrogen (secondary N) is 2. The first-order chi connectivity index (χ1) is 10.0.